The summed E-state index contributed by atoms with van der Waals surface area (Å²) in [5.74, 6) is 0.487. The number of rotatable bonds is 9. The van der Waals surface area contributed by atoms with Crippen molar-refractivity contribution in [1.82, 2.24) is 9.88 Å². The zero-order valence-corrected chi connectivity index (χ0v) is 18.5. The van der Waals surface area contributed by atoms with E-state index in [1.165, 1.54) is 29.5 Å². The fourth-order valence-electron chi connectivity index (χ4n) is 2.86. The topological polar surface area (TPSA) is 88.8 Å². The minimum atomic E-state index is -0.453. The number of hydrogen-bond acceptors (Lipinski definition) is 7. The maximum Gasteiger partial charge on any atom is 0.269 e. The number of para-hydroxylation sites is 1. The lowest BCUT2D eigenvalue weighted by Crippen LogP contribution is -2.35. The van der Waals surface area contributed by atoms with Gasteiger partial charge in [-0.2, -0.15) is 0 Å². The molecule has 9 heteroatoms. The Balaban J connectivity index is 1.87. The van der Waals surface area contributed by atoms with E-state index in [1.807, 2.05) is 44.1 Å². The first-order chi connectivity index (χ1) is 14.9. The first kappa shape index (κ1) is 22.4. The first-order valence-electron chi connectivity index (χ1n) is 9.80. The predicted octanol–water partition coefficient (Wildman–Crippen LogP) is 4.21. The van der Waals surface area contributed by atoms with E-state index in [-0.39, 0.29) is 11.6 Å². The minimum absolute atomic E-state index is 0.00987. The van der Waals surface area contributed by atoms with Crippen LogP contribution in [-0.4, -0.2) is 54.5 Å². The van der Waals surface area contributed by atoms with Crippen LogP contribution in [0.1, 0.15) is 12.5 Å². The fraction of sp³-hybridized carbons (Fsp3) is 0.273. The molecule has 0 radical (unpaired) electrons. The zero-order valence-electron chi connectivity index (χ0n) is 17.6. The van der Waals surface area contributed by atoms with Gasteiger partial charge in [0.15, 0.2) is 5.13 Å². The second-order valence-electron chi connectivity index (χ2n) is 7.01. The fourth-order valence-corrected chi connectivity index (χ4v) is 3.88. The highest BCUT2D eigenvalue weighted by Crippen LogP contribution is 2.34. The molecule has 0 aliphatic carbocycles. The van der Waals surface area contributed by atoms with Gasteiger partial charge in [-0.1, -0.05) is 17.4 Å². The highest BCUT2D eigenvalue weighted by Gasteiger charge is 2.19. The highest BCUT2D eigenvalue weighted by atomic mass is 32.1. The van der Waals surface area contributed by atoms with E-state index in [9.17, 15) is 14.9 Å². The third-order valence-electron chi connectivity index (χ3n) is 4.46. The number of amides is 1. The summed E-state index contributed by atoms with van der Waals surface area (Å²) in [6.07, 6.45) is 3.11. The van der Waals surface area contributed by atoms with Crippen molar-refractivity contribution in [3.05, 3.63) is 64.2 Å². The van der Waals surface area contributed by atoms with Crippen molar-refractivity contribution in [3.8, 4) is 5.75 Å². The maximum atomic E-state index is 13.0. The van der Waals surface area contributed by atoms with E-state index in [4.69, 9.17) is 4.74 Å². The number of anilines is 1. The third-order valence-corrected chi connectivity index (χ3v) is 5.50. The SMILES string of the molecule is CCOc1cccc2sc(N(CCN(C)C)C(=O)C=Cc3ccc([N+](=O)[O-])cc3)nc12. The van der Waals surface area contributed by atoms with Gasteiger partial charge in [0.1, 0.15) is 11.3 Å². The number of fused-ring (bicyclic) bond motifs is 1. The summed E-state index contributed by atoms with van der Waals surface area (Å²) >= 11 is 1.44. The molecule has 1 amide bonds. The van der Waals surface area contributed by atoms with Crippen LogP contribution >= 0.6 is 11.3 Å². The molecule has 0 saturated carbocycles. The van der Waals surface area contributed by atoms with Gasteiger partial charge < -0.3 is 9.64 Å². The van der Waals surface area contributed by atoms with Crippen LogP contribution in [-0.2, 0) is 4.79 Å². The van der Waals surface area contributed by atoms with Crippen molar-refractivity contribution >= 4 is 44.4 Å². The van der Waals surface area contributed by atoms with Crippen LogP contribution in [0.2, 0.25) is 0 Å². The van der Waals surface area contributed by atoms with Crippen molar-refractivity contribution < 1.29 is 14.5 Å². The molecule has 0 saturated heterocycles. The van der Waals surface area contributed by atoms with Gasteiger partial charge in [0.2, 0.25) is 0 Å². The Bertz CT molecular complexity index is 1090. The molecule has 0 N–H and O–H groups in total. The summed E-state index contributed by atoms with van der Waals surface area (Å²) in [4.78, 5) is 31.7. The molecule has 0 bridgehead atoms. The summed E-state index contributed by atoms with van der Waals surface area (Å²) in [6, 6.07) is 11.8. The Labute approximate surface area is 184 Å². The van der Waals surface area contributed by atoms with E-state index >= 15 is 0 Å². The summed E-state index contributed by atoms with van der Waals surface area (Å²) in [5.41, 5.74) is 1.46. The van der Waals surface area contributed by atoms with Crippen LogP contribution < -0.4 is 9.64 Å². The van der Waals surface area contributed by atoms with E-state index in [0.29, 0.717) is 36.1 Å². The number of nitro benzene ring substituents is 1. The lowest BCUT2D eigenvalue weighted by molar-refractivity contribution is -0.384. The van der Waals surface area contributed by atoms with E-state index in [1.54, 1.807) is 23.1 Å². The smallest absolute Gasteiger partial charge is 0.269 e. The Morgan fingerprint density at radius 3 is 2.58 bits per heavy atom. The Kier molecular flexibility index (Phi) is 7.32. The Hall–Kier alpha value is -3.30. The first-order valence-corrected chi connectivity index (χ1v) is 10.6. The molecule has 0 spiro atoms. The lowest BCUT2D eigenvalue weighted by atomic mass is 10.2. The molecule has 1 heterocycles. The normalized spacial score (nSPS) is 11.4. The summed E-state index contributed by atoms with van der Waals surface area (Å²) in [6.45, 7) is 3.60. The number of aromatic nitrogens is 1. The van der Waals surface area contributed by atoms with Crippen LogP contribution in [0.5, 0.6) is 5.75 Å². The number of carbonyl (C=O) groups excluding carboxylic acids is 1. The molecule has 0 atom stereocenters. The molecule has 162 valence electrons. The molecule has 0 aliphatic heterocycles. The van der Waals surface area contributed by atoms with Crippen LogP contribution in [0.3, 0.4) is 0 Å². The minimum Gasteiger partial charge on any atom is -0.492 e. The second-order valence-corrected chi connectivity index (χ2v) is 8.02. The van der Waals surface area contributed by atoms with Crippen LogP contribution in [0.25, 0.3) is 16.3 Å². The lowest BCUT2D eigenvalue weighted by Gasteiger charge is -2.20. The molecular weight excluding hydrogens is 416 g/mol. The molecule has 8 nitrogen and oxygen atoms in total. The number of nitrogens with zero attached hydrogens (tertiary/aromatic N) is 4. The summed E-state index contributed by atoms with van der Waals surface area (Å²) in [7, 11) is 3.89. The number of carbonyl (C=O) groups is 1. The second kappa shape index (κ2) is 10.1. The van der Waals surface area contributed by atoms with Crippen molar-refractivity contribution in [2.75, 3.05) is 38.7 Å². The predicted molar refractivity (Wildman–Crippen MR) is 124 cm³/mol. The van der Waals surface area contributed by atoms with E-state index in [0.717, 1.165) is 10.2 Å². The molecule has 2 aromatic carbocycles. The zero-order chi connectivity index (χ0) is 22.4. The molecule has 0 fully saturated rings. The van der Waals surface area contributed by atoms with Gasteiger partial charge in [0.25, 0.3) is 11.6 Å². The summed E-state index contributed by atoms with van der Waals surface area (Å²) < 4.78 is 6.62. The average molecular weight is 441 g/mol. The van der Waals surface area contributed by atoms with Gasteiger partial charge in [-0.15, -0.1) is 0 Å². The maximum absolute atomic E-state index is 13.0. The van der Waals surface area contributed by atoms with Gasteiger partial charge in [-0.3, -0.25) is 19.8 Å². The standard InChI is InChI=1S/C22H24N4O4S/c1-4-30-18-6-5-7-19-21(18)23-22(31-19)25(15-14-24(2)3)20(27)13-10-16-8-11-17(12-9-16)26(28)29/h5-13H,4,14-15H2,1-3H3. The van der Waals surface area contributed by atoms with Gasteiger partial charge in [-0.05, 0) is 56.9 Å². The van der Waals surface area contributed by atoms with E-state index < -0.39 is 4.92 Å². The van der Waals surface area contributed by atoms with Gasteiger partial charge in [0.05, 0.1) is 16.2 Å². The number of ether oxygens (including phenoxy) is 1. The van der Waals surface area contributed by atoms with Crippen molar-refractivity contribution in [3.63, 3.8) is 0 Å². The third kappa shape index (κ3) is 5.65. The quantitative estimate of drug-likeness (QED) is 0.281. The largest absolute Gasteiger partial charge is 0.492 e. The molecule has 3 aromatic rings. The van der Waals surface area contributed by atoms with Crippen molar-refractivity contribution in [2.45, 2.75) is 6.92 Å². The van der Waals surface area contributed by atoms with Crippen molar-refractivity contribution in [1.29, 1.82) is 0 Å². The molecule has 0 aliphatic rings. The monoisotopic (exact) mass is 440 g/mol. The Morgan fingerprint density at radius 1 is 1.19 bits per heavy atom. The average Bonchev–Trinajstić information content (AvgIpc) is 3.17. The number of hydrogen-bond donors (Lipinski definition) is 0. The van der Waals surface area contributed by atoms with Gasteiger partial charge >= 0.3 is 0 Å². The number of likely N-dealkylation sites (N-methyl/N-ethyl adjacent to an activating group) is 1. The van der Waals surface area contributed by atoms with Crippen molar-refractivity contribution in [2.24, 2.45) is 0 Å². The van der Waals surface area contributed by atoms with Gasteiger partial charge in [-0.25, -0.2) is 4.98 Å². The van der Waals surface area contributed by atoms with Crippen LogP contribution in [0, 0.1) is 10.1 Å². The number of nitro groups is 1. The molecule has 1 aromatic heterocycles. The van der Waals surface area contributed by atoms with Crippen LogP contribution in [0.15, 0.2) is 48.5 Å². The Morgan fingerprint density at radius 2 is 1.94 bits per heavy atom. The van der Waals surface area contributed by atoms with Gasteiger partial charge in [0, 0.05) is 31.3 Å². The molecular formula is C22H24N4O4S. The summed E-state index contributed by atoms with van der Waals surface area (Å²) in [5, 5.41) is 11.4. The highest BCUT2D eigenvalue weighted by molar-refractivity contribution is 7.22. The number of non-ortho nitro benzene ring substituents is 1. The number of benzene rings is 2. The molecule has 3 rings (SSSR count). The number of thiazole rings is 1. The molecule has 31 heavy (non-hydrogen) atoms. The molecule has 0 unspecified atom stereocenters. The van der Waals surface area contributed by atoms with Crippen LogP contribution in [0.4, 0.5) is 10.8 Å². The van der Waals surface area contributed by atoms with E-state index in [2.05, 4.69) is 4.98 Å².